The van der Waals surface area contributed by atoms with E-state index < -0.39 is 17.7 Å². The van der Waals surface area contributed by atoms with Crippen molar-refractivity contribution in [2.45, 2.75) is 26.3 Å². The van der Waals surface area contributed by atoms with Crippen LogP contribution in [0.1, 0.15) is 34.7 Å². The molecule has 3 rings (SSSR count). The van der Waals surface area contributed by atoms with E-state index in [1.54, 1.807) is 30.2 Å². The van der Waals surface area contributed by atoms with E-state index in [1.165, 1.54) is 0 Å². The van der Waals surface area contributed by atoms with Gasteiger partial charge in [-0.3, -0.25) is 9.59 Å². The van der Waals surface area contributed by atoms with E-state index in [0.29, 0.717) is 17.9 Å². The van der Waals surface area contributed by atoms with Crippen LogP contribution in [0.15, 0.2) is 48.0 Å². The normalized spacial score (nSPS) is 18.1. The minimum Gasteiger partial charge on any atom is -0.507 e. The molecule has 1 aliphatic heterocycles. The van der Waals surface area contributed by atoms with Gasteiger partial charge >= 0.3 is 0 Å². The lowest BCUT2D eigenvalue weighted by Crippen LogP contribution is -2.32. The van der Waals surface area contributed by atoms with Gasteiger partial charge in [-0.2, -0.15) is 0 Å². The standard InChI is InChI=1S/C25H30N2O4/c1-16-7-9-18(10-8-16)22-21(23(28)19-11-12-20(31-5)17(2)15-19)24(29)25(30)27(22)14-6-13-26(3)4/h7-12,15,22,28H,6,13-14H2,1-5H3/b23-21-. The Hall–Kier alpha value is -3.12. The van der Waals surface area contributed by atoms with E-state index in [-0.39, 0.29) is 11.3 Å². The maximum absolute atomic E-state index is 13.0. The van der Waals surface area contributed by atoms with Gasteiger partial charge in [-0.1, -0.05) is 29.8 Å². The Kier molecular flexibility index (Phi) is 6.81. The molecule has 1 unspecified atom stereocenters. The molecule has 0 aromatic heterocycles. The van der Waals surface area contributed by atoms with Crippen LogP contribution in [-0.4, -0.2) is 60.9 Å². The SMILES string of the molecule is COc1ccc(/C(O)=C2/C(=O)C(=O)N(CCCN(C)C)C2c2ccc(C)cc2)cc1C. The predicted octanol–water partition coefficient (Wildman–Crippen LogP) is 3.69. The fraction of sp³-hybridized carbons (Fsp3) is 0.360. The summed E-state index contributed by atoms with van der Waals surface area (Å²) in [6, 6.07) is 12.3. The topological polar surface area (TPSA) is 70.1 Å². The van der Waals surface area contributed by atoms with Crippen molar-refractivity contribution in [3.05, 3.63) is 70.3 Å². The summed E-state index contributed by atoms with van der Waals surface area (Å²) in [6.45, 7) is 5.08. The first kappa shape index (κ1) is 22.6. The molecule has 1 aliphatic rings. The Morgan fingerprint density at radius 2 is 1.77 bits per heavy atom. The number of ketones is 1. The molecule has 1 N–H and O–H groups in total. The molecule has 1 saturated heterocycles. The zero-order valence-electron chi connectivity index (χ0n) is 18.8. The lowest BCUT2D eigenvalue weighted by Gasteiger charge is -2.26. The molecular weight excluding hydrogens is 392 g/mol. The van der Waals surface area contributed by atoms with Crippen LogP contribution >= 0.6 is 0 Å². The number of aryl methyl sites for hydroxylation is 2. The zero-order chi connectivity index (χ0) is 22.7. The second-order valence-electron chi connectivity index (χ2n) is 8.24. The number of benzene rings is 2. The van der Waals surface area contributed by atoms with Crippen LogP contribution in [-0.2, 0) is 9.59 Å². The molecule has 2 aromatic rings. The van der Waals surface area contributed by atoms with Gasteiger partial charge in [0.1, 0.15) is 11.5 Å². The number of hydrogen-bond donors (Lipinski definition) is 1. The summed E-state index contributed by atoms with van der Waals surface area (Å²) in [5.74, 6) is -0.696. The maximum Gasteiger partial charge on any atom is 0.295 e. The number of methoxy groups -OCH3 is 1. The summed E-state index contributed by atoms with van der Waals surface area (Å²) in [6.07, 6.45) is 0.726. The first-order valence-corrected chi connectivity index (χ1v) is 10.4. The number of carbonyl (C=O) groups is 2. The number of aliphatic hydroxyl groups is 1. The highest BCUT2D eigenvalue weighted by atomic mass is 16.5. The van der Waals surface area contributed by atoms with Crippen molar-refractivity contribution in [3.8, 4) is 5.75 Å². The third-order valence-electron chi connectivity index (χ3n) is 5.61. The third-order valence-corrected chi connectivity index (χ3v) is 5.61. The van der Waals surface area contributed by atoms with Crippen molar-refractivity contribution < 1.29 is 19.4 Å². The van der Waals surface area contributed by atoms with Crippen molar-refractivity contribution in [2.24, 2.45) is 0 Å². The lowest BCUT2D eigenvalue weighted by molar-refractivity contribution is -0.139. The van der Waals surface area contributed by atoms with E-state index in [1.807, 2.05) is 57.1 Å². The van der Waals surface area contributed by atoms with Crippen LogP contribution in [0.5, 0.6) is 5.75 Å². The Morgan fingerprint density at radius 1 is 1.10 bits per heavy atom. The zero-order valence-corrected chi connectivity index (χ0v) is 18.8. The van der Waals surface area contributed by atoms with Gasteiger partial charge in [-0.25, -0.2) is 0 Å². The Balaban J connectivity index is 2.10. The van der Waals surface area contributed by atoms with Crippen LogP contribution in [0, 0.1) is 13.8 Å². The molecule has 1 heterocycles. The third kappa shape index (κ3) is 4.64. The van der Waals surface area contributed by atoms with Crippen LogP contribution in [0.4, 0.5) is 0 Å². The van der Waals surface area contributed by atoms with Gasteiger partial charge in [-0.05, 0) is 70.2 Å². The minimum absolute atomic E-state index is 0.128. The fourth-order valence-electron chi connectivity index (χ4n) is 3.94. The number of hydrogen-bond acceptors (Lipinski definition) is 5. The molecule has 6 nitrogen and oxygen atoms in total. The molecule has 164 valence electrons. The van der Waals surface area contributed by atoms with Gasteiger partial charge in [0.15, 0.2) is 0 Å². The number of carbonyl (C=O) groups excluding carboxylic acids is 2. The monoisotopic (exact) mass is 422 g/mol. The van der Waals surface area contributed by atoms with Gasteiger partial charge < -0.3 is 19.6 Å². The highest BCUT2D eigenvalue weighted by Crippen LogP contribution is 2.40. The van der Waals surface area contributed by atoms with Crippen LogP contribution < -0.4 is 4.74 Å². The molecule has 1 amide bonds. The van der Waals surface area contributed by atoms with Gasteiger partial charge in [0.2, 0.25) is 0 Å². The quantitative estimate of drug-likeness (QED) is 0.419. The molecular formula is C25H30N2O4. The summed E-state index contributed by atoms with van der Waals surface area (Å²) in [4.78, 5) is 29.6. The van der Waals surface area contributed by atoms with Crippen molar-refractivity contribution in [1.29, 1.82) is 0 Å². The second-order valence-corrected chi connectivity index (χ2v) is 8.24. The Labute approximate surface area is 183 Å². The van der Waals surface area contributed by atoms with E-state index in [4.69, 9.17) is 4.74 Å². The summed E-state index contributed by atoms with van der Waals surface area (Å²) in [7, 11) is 5.52. The second kappa shape index (κ2) is 9.35. The van der Waals surface area contributed by atoms with Crippen LogP contribution in [0.2, 0.25) is 0 Å². The lowest BCUT2D eigenvalue weighted by atomic mass is 9.94. The Morgan fingerprint density at radius 3 is 2.35 bits per heavy atom. The number of rotatable bonds is 7. The molecule has 0 bridgehead atoms. The first-order chi connectivity index (χ1) is 14.7. The molecule has 0 aliphatic carbocycles. The maximum atomic E-state index is 13.0. The van der Waals surface area contributed by atoms with Crippen molar-refractivity contribution in [1.82, 2.24) is 9.80 Å². The van der Waals surface area contributed by atoms with Crippen molar-refractivity contribution in [2.75, 3.05) is 34.3 Å². The number of likely N-dealkylation sites (tertiary alicyclic amines) is 1. The number of amides is 1. The van der Waals surface area contributed by atoms with Gasteiger partial charge in [0, 0.05) is 12.1 Å². The minimum atomic E-state index is -0.651. The summed E-state index contributed by atoms with van der Waals surface area (Å²) in [5.41, 5.74) is 3.34. The van der Waals surface area contributed by atoms with Crippen LogP contribution in [0.3, 0.4) is 0 Å². The molecule has 1 fully saturated rings. The van der Waals surface area contributed by atoms with Gasteiger partial charge in [-0.15, -0.1) is 0 Å². The molecule has 0 saturated carbocycles. The summed E-state index contributed by atoms with van der Waals surface area (Å²) >= 11 is 0. The predicted molar refractivity (Wildman–Crippen MR) is 121 cm³/mol. The van der Waals surface area contributed by atoms with Gasteiger partial charge in [0.05, 0.1) is 18.7 Å². The molecule has 2 aromatic carbocycles. The average molecular weight is 423 g/mol. The van der Waals surface area contributed by atoms with E-state index >= 15 is 0 Å². The Bertz CT molecular complexity index is 1010. The number of aliphatic hydroxyl groups excluding tert-OH is 1. The highest BCUT2D eigenvalue weighted by molar-refractivity contribution is 6.46. The first-order valence-electron chi connectivity index (χ1n) is 10.4. The molecule has 0 spiro atoms. The summed E-state index contributed by atoms with van der Waals surface area (Å²) < 4.78 is 5.29. The largest absolute Gasteiger partial charge is 0.507 e. The van der Waals surface area contributed by atoms with E-state index in [9.17, 15) is 14.7 Å². The molecule has 0 radical (unpaired) electrons. The molecule has 31 heavy (non-hydrogen) atoms. The van der Waals surface area contributed by atoms with Crippen molar-refractivity contribution >= 4 is 17.4 Å². The average Bonchev–Trinajstić information content (AvgIpc) is 2.98. The number of Topliss-reactive ketones (excluding diaryl/α,β-unsaturated/α-hetero) is 1. The summed E-state index contributed by atoms with van der Waals surface area (Å²) in [5, 5.41) is 11.1. The smallest absolute Gasteiger partial charge is 0.295 e. The number of nitrogens with zero attached hydrogens (tertiary/aromatic N) is 2. The van der Waals surface area contributed by atoms with E-state index in [2.05, 4.69) is 0 Å². The molecule has 1 atom stereocenters. The van der Waals surface area contributed by atoms with Crippen molar-refractivity contribution in [3.63, 3.8) is 0 Å². The number of ether oxygens (including phenoxy) is 1. The fourth-order valence-corrected chi connectivity index (χ4v) is 3.94. The van der Waals surface area contributed by atoms with E-state index in [0.717, 1.165) is 29.7 Å². The molecule has 6 heteroatoms. The van der Waals surface area contributed by atoms with Crippen LogP contribution in [0.25, 0.3) is 5.76 Å². The van der Waals surface area contributed by atoms with Gasteiger partial charge in [0.25, 0.3) is 11.7 Å². The highest BCUT2D eigenvalue weighted by Gasteiger charge is 2.45.